The molecule has 4 N–H and O–H groups in total. The summed E-state index contributed by atoms with van der Waals surface area (Å²) in [6.07, 6.45) is 5.40. The first-order chi connectivity index (χ1) is 7.47. The molecule has 6 nitrogen and oxygen atoms in total. The molecule has 1 aliphatic heterocycles. The third-order valence-electron chi connectivity index (χ3n) is 1.57. The van der Waals surface area contributed by atoms with E-state index in [1.54, 1.807) is 6.20 Å². The molecule has 1 aromatic carbocycles. The van der Waals surface area contributed by atoms with Crippen LogP contribution in [-0.2, 0) is 4.57 Å². The van der Waals surface area contributed by atoms with Crippen molar-refractivity contribution < 1.29 is 19.2 Å². The quantitative estimate of drug-likeness (QED) is 0.510. The molecule has 0 bridgehead atoms. The second kappa shape index (κ2) is 5.58. The van der Waals surface area contributed by atoms with Crippen molar-refractivity contribution in [2.45, 2.75) is 0 Å². The van der Waals surface area contributed by atoms with Gasteiger partial charge in [0.2, 0.25) is 0 Å². The van der Waals surface area contributed by atoms with Crippen LogP contribution in [0, 0.1) is 0 Å². The Morgan fingerprint density at radius 2 is 1.81 bits per heavy atom. The highest BCUT2D eigenvalue weighted by Crippen LogP contribution is 2.25. The second-order valence-electron chi connectivity index (χ2n) is 2.84. The van der Waals surface area contributed by atoms with Crippen LogP contribution < -0.4 is 5.32 Å². The minimum Gasteiger partial charge on any atom is -0.360 e. The zero-order valence-electron chi connectivity index (χ0n) is 8.19. The summed E-state index contributed by atoms with van der Waals surface area (Å²) in [7, 11) is -4.64. The number of nitrogens with zero attached hydrogens (tertiary/aromatic N) is 1. The molecular formula is C9H11N2O4P. The number of rotatable bonds is 0. The molecule has 1 aliphatic rings. The number of hydrogen-bond acceptors (Lipinski definition) is 3. The van der Waals surface area contributed by atoms with Gasteiger partial charge in [-0.1, -0.05) is 18.2 Å². The first kappa shape index (κ1) is 12.6. The number of benzene rings is 1. The molecule has 0 unspecified atom stereocenters. The Hall–Kier alpha value is -1.46. The van der Waals surface area contributed by atoms with Crippen molar-refractivity contribution in [2.75, 3.05) is 5.32 Å². The molecule has 2 rings (SSSR count). The van der Waals surface area contributed by atoms with Crippen LogP contribution >= 0.6 is 7.82 Å². The average Bonchev–Trinajstić information content (AvgIpc) is 2.39. The molecule has 16 heavy (non-hydrogen) atoms. The molecule has 1 aromatic rings. The Labute approximate surface area is 92.2 Å². The van der Waals surface area contributed by atoms with Gasteiger partial charge in [-0.15, -0.1) is 0 Å². The Bertz CT molecular complexity index is 444. The number of anilines is 1. The normalized spacial score (nSPS) is 12.9. The van der Waals surface area contributed by atoms with Gasteiger partial charge in [0.25, 0.3) is 0 Å². The van der Waals surface area contributed by atoms with Crippen LogP contribution in [0.3, 0.4) is 0 Å². The molecule has 1 heterocycles. The summed E-state index contributed by atoms with van der Waals surface area (Å²) in [4.78, 5) is 25.6. The summed E-state index contributed by atoms with van der Waals surface area (Å²) in [5.41, 5.74) is 2.22. The van der Waals surface area contributed by atoms with Crippen LogP contribution in [0.4, 0.5) is 5.69 Å². The zero-order chi connectivity index (χ0) is 12.0. The number of aliphatic imine (C=N–C) groups is 1. The minimum atomic E-state index is -4.64. The molecular weight excluding hydrogens is 231 g/mol. The molecule has 0 saturated heterocycles. The Morgan fingerprint density at radius 3 is 2.50 bits per heavy atom. The van der Waals surface area contributed by atoms with Crippen molar-refractivity contribution >= 4 is 19.7 Å². The minimum absolute atomic E-state index is 1.10. The lowest BCUT2D eigenvalue weighted by atomic mass is 10.2. The van der Waals surface area contributed by atoms with Gasteiger partial charge in [-0.2, -0.15) is 0 Å². The molecule has 0 radical (unpaired) electrons. The van der Waals surface area contributed by atoms with Gasteiger partial charge in [-0.05, 0) is 6.07 Å². The van der Waals surface area contributed by atoms with Crippen LogP contribution in [0.1, 0.15) is 5.56 Å². The van der Waals surface area contributed by atoms with E-state index in [0.717, 1.165) is 11.3 Å². The molecule has 7 heteroatoms. The van der Waals surface area contributed by atoms with Gasteiger partial charge in [-0.3, -0.25) is 4.99 Å². The van der Waals surface area contributed by atoms with Gasteiger partial charge < -0.3 is 20.0 Å². The summed E-state index contributed by atoms with van der Waals surface area (Å²) < 4.78 is 8.88. The second-order valence-corrected chi connectivity index (χ2v) is 3.87. The van der Waals surface area contributed by atoms with Crippen LogP contribution in [0.5, 0.6) is 0 Å². The molecule has 0 atom stereocenters. The van der Waals surface area contributed by atoms with E-state index in [2.05, 4.69) is 10.3 Å². The maximum absolute atomic E-state index is 8.88. The summed E-state index contributed by atoms with van der Waals surface area (Å²) in [5.74, 6) is 0. The van der Waals surface area contributed by atoms with Gasteiger partial charge in [0.1, 0.15) is 0 Å². The summed E-state index contributed by atoms with van der Waals surface area (Å²) in [6, 6.07) is 8.05. The summed E-state index contributed by atoms with van der Waals surface area (Å²) in [6.45, 7) is 0. The fraction of sp³-hybridized carbons (Fsp3) is 0. The van der Waals surface area contributed by atoms with Crippen molar-refractivity contribution in [1.82, 2.24) is 0 Å². The SMILES string of the molecule is C1=CNc2ccccc2C=N1.O=P(O)(O)O. The monoisotopic (exact) mass is 242 g/mol. The van der Waals surface area contributed by atoms with Crippen molar-refractivity contribution in [3.8, 4) is 0 Å². The Kier molecular flexibility index (Phi) is 4.39. The van der Waals surface area contributed by atoms with Gasteiger partial charge in [0.05, 0.1) is 0 Å². The number of phosphoric acid groups is 1. The van der Waals surface area contributed by atoms with E-state index in [1.807, 2.05) is 36.7 Å². The largest absolute Gasteiger partial charge is 0.466 e. The lowest BCUT2D eigenvalue weighted by molar-refractivity contribution is 0.275. The van der Waals surface area contributed by atoms with Crippen molar-refractivity contribution in [2.24, 2.45) is 4.99 Å². The van der Waals surface area contributed by atoms with Crippen molar-refractivity contribution in [3.05, 3.63) is 42.2 Å². The lowest BCUT2D eigenvalue weighted by Crippen LogP contribution is -1.89. The highest BCUT2D eigenvalue weighted by Gasteiger charge is 2.00. The topological polar surface area (TPSA) is 102 Å². The fourth-order valence-corrected chi connectivity index (χ4v) is 1.03. The van der Waals surface area contributed by atoms with Gasteiger partial charge in [0, 0.05) is 29.9 Å². The lowest BCUT2D eigenvalue weighted by Gasteiger charge is -2.01. The fourth-order valence-electron chi connectivity index (χ4n) is 1.03. The molecule has 0 aliphatic carbocycles. The smallest absolute Gasteiger partial charge is 0.360 e. The highest BCUT2D eigenvalue weighted by molar-refractivity contribution is 7.45. The van der Waals surface area contributed by atoms with Crippen LogP contribution in [0.15, 0.2) is 41.7 Å². The molecule has 86 valence electrons. The standard InChI is InChI=1S/C9H8N2.H3O4P/c1-2-4-9-8(3-1)7-10-5-6-11-9;1-5(2,3)4/h1-7,11H;(H3,1,2,3,4). The van der Waals surface area contributed by atoms with Crippen LogP contribution in [-0.4, -0.2) is 20.9 Å². The first-order valence-corrected chi connectivity index (χ1v) is 5.85. The Morgan fingerprint density at radius 1 is 1.19 bits per heavy atom. The highest BCUT2D eigenvalue weighted by atomic mass is 31.2. The summed E-state index contributed by atoms with van der Waals surface area (Å²) in [5, 5.41) is 3.12. The number of nitrogens with one attached hydrogen (secondary N) is 1. The zero-order valence-corrected chi connectivity index (χ0v) is 9.08. The van der Waals surface area contributed by atoms with E-state index in [4.69, 9.17) is 19.2 Å². The molecule has 0 spiro atoms. The average molecular weight is 242 g/mol. The van der Waals surface area contributed by atoms with Crippen LogP contribution in [0.2, 0.25) is 0 Å². The first-order valence-electron chi connectivity index (χ1n) is 4.29. The third kappa shape index (κ3) is 5.43. The van der Waals surface area contributed by atoms with Gasteiger partial charge in [0.15, 0.2) is 0 Å². The molecule has 0 fully saturated rings. The van der Waals surface area contributed by atoms with E-state index >= 15 is 0 Å². The maximum Gasteiger partial charge on any atom is 0.466 e. The van der Waals surface area contributed by atoms with E-state index in [1.165, 1.54) is 0 Å². The van der Waals surface area contributed by atoms with E-state index < -0.39 is 7.82 Å². The number of para-hydroxylation sites is 1. The van der Waals surface area contributed by atoms with Crippen LogP contribution in [0.25, 0.3) is 0 Å². The predicted octanol–water partition coefficient (Wildman–Crippen LogP) is 1.07. The molecule has 0 saturated carbocycles. The van der Waals surface area contributed by atoms with E-state index in [0.29, 0.717) is 0 Å². The van der Waals surface area contributed by atoms with E-state index in [-0.39, 0.29) is 0 Å². The molecule has 0 amide bonds. The summed E-state index contributed by atoms with van der Waals surface area (Å²) >= 11 is 0. The van der Waals surface area contributed by atoms with E-state index in [9.17, 15) is 0 Å². The third-order valence-corrected chi connectivity index (χ3v) is 1.57. The van der Waals surface area contributed by atoms with Crippen molar-refractivity contribution in [3.63, 3.8) is 0 Å². The predicted molar refractivity (Wildman–Crippen MR) is 61.1 cm³/mol. The maximum atomic E-state index is 8.88. The molecule has 0 aromatic heterocycles. The number of fused-ring (bicyclic) bond motifs is 1. The van der Waals surface area contributed by atoms with Gasteiger partial charge >= 0.3 is 7.82 Å². The Balaban J connectivity index is 0.000000221. The number of hydrogen-bond donors (Lipinski definition) is 4. The van der Waals surface area contributed by atoms with Gasteiger partial charge in [-0.25, -0.2) is 4.57 Å². The van der Waals surface area contributed by atoms with Crippen molar-refractivity contribution in [1.29, 1.82) is 0 Å².